The van der Waals surface area contributed by atoms with Crippen molar-refractivity contribution in [2.45, 2.75) is 51.1 Å². The Labute approximate surface area is 123 Å². The molecule has 1 aliphatic heterocycles. The van der Waals surface area contributed by atoms with Crippen LogP contribution in [-0.4, -0.2) is 36.6 Å². The highest BCUT2D eigenvalue weighted by atomic mass is 15.1. The van der Waals surface area contributed by atoms with E-state index in [0.717, 1.165) is 18.0 Å². The maximum Gasteiger partial charge on any atom is 0.00940 e. The number of benzene rings is 1. The standard InChI is InChI=1S/C18H28N2/c1-15-13-18(14-15)19-17-8-11-20(12-9-17)10-7-16-5-3-2-4-6-16/h2-6,15,17-19H,7-14H2,1H3. The summed E-state index contributed by atoms with van der Waals surface area (Å²) in [6, 6.07) is 12.5. The third kappa shape index (κ3) is 3.83. The van der Waals surface area contributed by atoms with Gasteiger partial charge in [0.25, 0.3) is 0 Å². The minimum atomic E-state index is 0.778. The van der Waals surface area contributed by atoms with Gasteiger partial charge in [-0.3, -0.25) is 0 Å². The Balaban J connectivity index is 1.34. The Morgan fingerprint density at radius 2 is 1.75 bits per heavy atom. The van der Waals surface area contributed by atoms with E-state index in [0.29, 0.717) is 0 Å². The molecule has 1 heterocycles. The SMILES string of the molecule is CC1CC(NC2CCN(CCc3ccccc3)CC2)C1. The minimum absolute atomic E-state index is 0.778. The fraction of sp³-hybridized carbons (Fsp3) is 0.667. The van der Waals surface area contributed by atoms with Crippen molar-refractivity contribution in [2.75, 3.05) is 19.6 Å². The van der Waals surface area contributed by atoms with Crippen molar-refractivity contribution in [1.82, 2.24) is 10.2 Å². The summed E-state index contributed by atoms with van der Waals surface area (Å²) in [5.41, 5.74) is 1.47. The van der Waals surface area contributed by atoms with Crippen LogP contribution < -0.4 is 5.32 Å². The smallest absolute Gasteiger partial charge is 0.00940 e. The van der Waals surface area contributed by atoms with Crippen molar-refractivity contribution < 1.29 is 0 Å². The molecule has 1 saturated heterocycles. The van der Waals surface area contributed by atoms with E-state index in [1.54, 1.807) is 0 Å². The summed E-state index contributed by atoms with van der Waals surface area (Å²) in [7, 11) is 0. The fourth-order valence-electron chi connectivity index (χ4n) is 3.63. The van der Waals surface area contributed by atoms with Gasteiger partial charge < -0.3 is 10.2 Å². The van der Waals surface area contributed by atoms with E-state index < -0.39 is 0 Å². The Kier molecular flexibility index (Phi) is 4.74. The molecule has 3 rings (SSSR count). The van der Waals surface area contributed by atoms with Gasteiger partial charge in [-0.25, -0.2) is 0 Å². The topological polar surface area (TPSA) is 15.3 Å². The number of rotatable bonds is 5. The summed E-state index contributed by atoms with van der Waals surface area (Å²) in [6.45, 7) is 6.13. The number of hydrogen-bond donors (Lipinski definition) is 1. The molecule has 2 nitrogen and oxygen atoms in total. The van der Waals surface area contributed by atoms with E-state index in [2.05, 4.69) is 47.5 Å². The Hall–Kier alpha value is -0.860. The molecule has 1 aromatic rings. The third-order valence-corrected chi connectivity index (χ3v) is 4.99. The van der Waals surface area contributed by atoms with Crippen molar-refractivity contribution in [3.8, 4) is 0 Å². The molecule has 0 amide bonds. The molecule has 110 valence electrons. The second-order valence-corrected chi connectivity index (χ2v) is 6.79. The predicted octanol–water partition coefficient (Wildman–Crippen LogP) is 3.08. The summed E-state index contributed by atoms with van der Waals surface area (Å²) < 4.78 is 0. The summed E-state index contributed by atoms with van der Waals surface area (Å²) in [5, 5.41) is 3.85. The number of piperidine rings is 1. The van der Waals surface area contributed by atoms with Crippen molar-refractivity contribution in [3.05, 3.63) is 35.9 Å². The first-order valence-electron chi connectivity index (χ1n) is 8.32. The lowest BCUT2D eigenvalue weighted by Gasteiger charge is -2.39. The van der Waals surface area contributed by atoms with E-state index in [1.807, 2.05) is 0 Å². The Morgan fingerprint density at radius 1 is 1.05 bits per heavy atom. The zero-order valence-electron chi connectivity index (χ0n) is 12.7. The molecule has 0 bridgehead atoms. The van der Waals surface area contributed by atoms with Crippen LogP contribution in [0.1, 0.15) is 38.2 Å². The van der Waals surface area contributed by atoms with E-state index in [1.165, 1.54) is 57.3 Å². The van der Waals surface area contributed by atoms with Gasteiger partial charge in [-0.1, -0.05) is 37.3 Å². The van der Waals surface area contributed by atoms with Crippen LogP contribution in [0.15, 0.2) is 30.3 Å². The van der Waals surface area contributed by atoms with Gasteiger partial charge in [-0.2, -0.15) is 0 Å². The van der Waals surface area contributed by atoms with Crippen LogP contribution in [0.3, 0.4) is 0 Å². The number of hydrogen-bond acceptors (Lipinski definition) is 2. The molecule has 2 aliphatic rings. The normalized spacial score (nSPS) is 28.2. The first-order valence-corrected chi connectivity index (χ1v) is 8.32. The minimum Gasteiger partial charge on any atom is -0.311 e. The molecule has 2 heteroatoms. The van der Waals surface area contributed by atoms with Gasteiger partial charge in [-0.15, -0.1) is 0 Å². The van der Waals surface area contributed by atoms with Gasteiger partial charge in [0.15, 0.2) is 0 Å². The van der Waals surface area contributed by atoms with Crippen LogP contribution in [-0.2, 0) is 6.42 Å². The van der Waals surface area contributed by atoms with E-state index >= 15 is 0 Å². The molecule has 0 unspecified atom stereocenters. The molecule has 1 aliphatic carbocycles. The molecule has 0 aromatic heterocycles. The first-order chi connectivity index (χ1) is 9.79. The lowest BCUT2D eigenvalue weighted by Crippen LogP contribution is -2.50. The maximum absolute atomic E-state index is 3.85. The predicted molar refractivity (Wildman–Crippen MR) is 84.9 cm³/mol. The van der Waals surface area contributed by atoms with E-state index in [-0.39, 0.29) is 0 Å². The van der Waals surface area contributed by atoms with Gasteiger partial charge in [0.05, 0.1) is 0 Å². The monoisotopic (exact) mass is 272 g/mol. The number of nitrogens with one attached hydrogen (secondary N) is 1. The molecular formula is C18H28N2. The van der Waals surface area contributed by atoms with Gasteiger partial charge in [0.1, 0.15) is 0 Å². The van der Waals surface area contributed by atoms with Gasteiger partial charge in [0, 0.05) is 18.6 Å². The van der Waals surface area contributed by atoms with E-state index in [9.17, 15) is 0 Å². The molecule has 1 saturated carbocycles. The quantitative estimate of drug-likeness (QED) is 0.886. The van der Waals surface area contributed by atoms with Crippen LogP contribution in [0.25, 0.3) is 0 Å². The van der Waals surface area contributed by atoms with Gasteiger partial charge in [-0.05, 0) is 56.7 Å². The molecular weight excluding hydrogens is 244 g/mol. The molecule has 1 aromatic carbocycles. The van der Waals surface area contributed by atoms with E-state index in [4.69, 9.17) is 0 Å². The Morgan fingerprint density at radius 3 is 2.40 bits per heavy atom. The molecule has 0 atom stereocenters. The lowest BCUT2D eigenvalue weighted by atomic mass is 9.81. The summed E-state index contributed by atoms with van der Waals surface area (Å²) >= 11 is 0. The van der Waals surface area contributed by atoms with Crippen LogP contribution in [0.2, 0.25) is 0 Å². The van der Waals surface area contributed by atoms with Crippen molar-refractivity contribution in [3.63, 3.8) is 0 Å². The highest BCUT2D eigenvalue weighted by Gasteiger charge is 2.28. The van der Waals surface area contributed by atoms with Gasteiger partial charge in [0.2, 0.25) is 0 Å². The van der Waals surface area contributed by atoms with Crippen molar-refractivity contribution >= 4 is 0 Å². The summed E-state index contributed by atoms with van der Waals surface area (Å²) in [6.07, 6.45) is 6.65. The molecule has 0 spiro atoms. The molecule has 2 fully saturated rings. The van der Waals surface area contributed by atoms with Crippen molar-refractivity contribution in [1.29, 1.82) is 0 Å². The second-order valence-electron chi connectivity index (χ2n) is 6.79. The number of nitrogens with zero attached hydrogens (tertiary/aromatic N) is 1. The highest BCUT2D eigenvalue weighted by Crippen LogP contribution is 2.27. The largest absolute Gasteiger partial charge is 0.311 e. The van der Waals surface area contributed by atoms with Crippen LogP contribution >= 0.6 is 0 Å². The average Bonchev–Trinajstić information content (AvgIpc) is 2.46. The lowest BCUT2D eigenvalue weighted by molar-refractivity contribution is 0.160. The molecule has 0 radical (unpaired) electrons. The first kappa shape index (κ1) is 14.1. The summed E-state index contributed by atoms with van der Waals surface area (Å²) in [5.74, 6) is 0.957. The average molecular weight is 272 g/mol. The zero-order chi connectivity index (χ0) is 13.8. The third-order valence-electron chi connectivity index (χ3n) is 4.99. The summed E-state index contributed by atoms with van der Waals surface area (Å²) in [4.78, 5) is 2.63. The maximum atomic E-state index is 3.85. The zero-order valence-corrected chi connectivity index (χ0v) is 12.7. The number of likely N-dealkylation sites (tertiary alicyclic amines) is 1. The Bertz CT molecular complexity index is 389. The molecule has 20 heavy (non-hydrogen) atoms. The molecule has 1 N–H and O–H groups in total. The second kappa shape index (κ2) is 6.73. The van der Waals surface area contributed by atoms with Gasteiger partial charge >= 0.3 is 0 Å². The van der Waals surface area contributed by atoms with Crippen LogP contribution in [0.5, 0.6) is 0 Å². The highest BCUT2D eigenvalue weighted by molar-refractivity contribution is 5.14. The fourth-order valence-corrected chi connectivity index (χ4v) is 3.63. The van der Waals surface area contributed by atoms with Crippen molar-refractivity contribution in [2.24, 2.45) is 5.92 Å². The van der Waals surface area contributed by atoms with Crippen LogP contribution in [0, 0.1) is 5.92 Å². The van der Waals surface area contributed by atoms with Crippen LogP contribution in [0.4, 0.5) is 0 Å².